The van der Waals surface area contributed by atoms with Gasteiger partial charge in [-0.05, 0) is 92.2 Å². The molecule has 2 heteroatoms. The molecule has 0 amide bonds. The number of anilines is 3. The van der Waals surface area contributed by atoms with Gasteiger partial charge in [-0.3, -0.25) is 0 Å². The number of furan rings is 1. The van der Waals surface area contributed by atoms with Crippen molar-refractivity contribution in [3.63, 3.8) is 0 Å². The second-order valence-electron chi connectivity index (χ2n) is 14.1. The quantitative estimate of drug-likeness (QED) is 0.184. The summed E-state index contributed by atoms with van der Waals surface area (Å²) in [5.74, 6) is 0. The van der Waals surface area contributed by atoms with Crippen molar-refractivity contribution in [2.75, 3.05) is 4.90 Å². The summed E-state index contributed by atoms with van der Waals surface area (Å²) in [6.45, 7) is 4.71. The largest absolute Gasteiger partial charge is 0.456 e. The first-order valence-electron chi connectivity index (χ1n) is 17.7. The second-order valence-corrected chi connectivity index (χ2v) is 14.1. The summed E-state index contributed by atoms with van der Waals surface area (Å²) >= 11 is 0. The van der Waals surface area contributed by atoms with Crippen LogP contribution in [0.1, 0.15) is 25.0 Å². The highest BCUT2D eigenvalue weighted by Gasteiger charge is 2.36. The molecule has 0 fully saturated rings. The molecular weight excluding hydrogens is 619 g/mol. The van der Waals surface area contributed by atoms with Crippen LogP contribution in [-0.4, -0.2) is 0 Å². The maximum Gasteiger partial charge on any atom is 0.135 e. The SMILES string of the molecule is CC1(C)c2ccccc2-c2ccc(N(c3ccc4oc5ccccc5c4c3)c3cc(-c4cccc5ccccc45)ccc3-c3ccccc3)cc21. The molecule has 242 valence electrons. The Morgan fingerprint density at radius 2 is 1.06 bits per heavy atom. The third-order valence-corrected chi connectivity index (χ3v) is 10.9. The number of rotatable bonds is 5. The minimum Gasteiger partial charge on any atom is -0.456 e. The summed E-state index contributed by atoms with van der Waals surface area (Å²) in [6, 6.07) is 63.9. The second kappa shape index (κ2) is 11.3. The molecule has 2 nitrogen and oxygen atoms in total. The van der Waals surface area contributed by atoms with Gasteiger partial charge in [-0.25, -0.2) is 0 Å². The van der Waals surface area contributed by atoms with Crippen molar-refractivity contribution in [3.8, 4) is 33.4 Å². The fourth-order valence-electron chi connectivity index (χ4n) is 8.33. The van der Waals surface area contributed by atoms with Gasteiger partial charge in [-0.1, -0.05) is 147 Å². The van der Waals surface area contributed by atoms with Crippen LogP contribution in [0.25, 0.3) is 66.1 Å². The van der Waals surface area contributed by atoms with Gasteiger partial charge in [-0.2, -0.15) is 0 Å². The predicted octanol–water partition coefficient (Wildman–Crippen LogP) is 13.8. The predicted molar refractivity (Wildman–Crippen MR) is 214 cm³/mol. The summed E-state index contributed by atoms with van der Waals surface area (Å²) < 4.78 is 6.31. The molecule has 1 aromatic heterocycles. The number of hydrogen-bond acceptors (Lipinski definition) is 2. The minimum absolute atomic E-state index is 0.134. The maximum atomic E-state index is 6.31. The van der Waals surface area contributed by atoms with Crippen LogP contribution in [0.5, 0.6) is 0 Å². The molecule has 0 saturated heterocycles. The Balaban J connectivity index is 1.27. The van der Waals surface area contributed by atoms with Crippen LogP contribution in [-0.2, 0) is 5.41 Å². The van der Waals surface area contributed by atoms with Gasteiger partial charge in [0, 0.05) is 33.1 Å². The average molecular weight is 654 g/mol. The smallest absolute Gasteiger partial charge is 0.135 e. The van der Waals surface area contributed by atoms with E-state index in [1.165, 1.54) is 55.3 Å². The summed E-state index contributed by atoms with van der Waals surface area (Å²) in [6.07, 6.45) is 0. The van der Waals surface area contributed by atoms with Gasteiger partial charge in [-0.15, -0.1) is 0 Å². The van der Waals surface area contributed by atoms with E-state index in [2.05, 4.69) is 183 Å². The lowest BCUT2D eigenvalue weighted by molar-refractivity contribution is 0.660. The molecule has 9 aromatic rings. The number of hydrogen-bond donors (Lipinski definition) is 0. The first kappa shape index (κ1) is 29.5. The molecule has 51 heavy (non-hydrogen) atoms. The average Bonchev–Trinajstić information content (AvgIpc) is 3.66. The van der Waals surface area contributed by atoms with Gasteiger partial charge in [0.2, 0.25) is 0 Å². The highest BCUT2D eigenvalue weighted by molar-refractivity contribution is 6.07. The van der Waals surface area contributed by atoms with Gasteiger partial charge in [0.1, 0.15) is 11.2 Å². The van der Waals surface area contributed by atoms with E-state index in [-0.39, 0.29) is 5.41 Å². The van der Waals surface area contributed by atoms with Crippen molar-refractivity contribution in [2.45, 2.75) is 19.3 Å². The van der Waals surface area contributed by atoms with Crippen LogP contribution in [0.3, 0.4) is 0 Å². The molecular formula is C49H35NO. The zero-order valence-corrected chi connectivity index (χ0v) is 28.6. The van der Waals surface area contributed by atoms with E-state index >= 15 is 0 Å². The van der Waals surface area contributed by atoms with E-state index in [0.29, 0.717) is 0 Å². The van der Waals surface area contributed by atoms with E-state index in [1.807, 2.05) is 12.1 Å². The van der Waals surface area contributed by atoms with Crippen LogP contribution < -0.4 is 4.90 Å². The van der Waals surface area contributed by atoms with Crippen LogP contribution in [0.4, 0.5) is 17.1 Å². The Hall–Kier alpha value is -6.38. The molecule has 0 radical (unpaired) electrons. The lowest BCUT2D eigenvalue weighted by Gasteiger charge is -2.30. The Kier molecular flexibility index (Phi) is 6.56. The van der Waals surface area contributed by atoms with Crippen molar-refractivity contribution >= 4 is 49.8 Å². The number of para-hydroxylation sites is 1. The summed E-state index contributed by atoms with van der Waals surface area (Å²) in [7, 11) is 0. The normalized spacial score (nSPS) is 13.1. The van der Waals surface area contributed by atoms with Gasteiger partial charge in [0.15, 0.2) is 0 Å². The van der Waals surface area contributed by atoms with Crippen molar-refractivity contribution in [3.05, 3.63) is 187 Å². The Bertz CT molecular complexity index is 2780. The molecule has 1 aliphatic rings. The molecule has 0 unspecified atom stereocenters. The summed E-state index contributed by atoms with van der Waals surface area (Å²) in [5.41, 5.74) is 15.0. The molecule has 0 atom stereocenters. The fraction of sp³-hybridized carbons (Fsp3) is 0.0612. The van der Waals surface area contributed by atoms with Crippen LogP contribution in [0.2, 0.25) is 0 Å². The molecule has 0 bridgehead atoms. The molecule has 10 rings (SSSR count). The highest BCUT2D eigenvalue weighted by atomic mass is 16.3. The minimum atomic E-state index is -0.134. The van der Waals surface area contributed by atoms with Crippen molar-refractivity contribution < 1.29 is 4.42 Å². The van der Waals surface area contributed by atoms with E-state index in [0.717, 1.165) is 39.0 Å². The van der Waals surface area contributed by atoms with Gasteiger partial charge in [0.25, 0.3) is 0 Å². The zero-order valence-electron chi connectivity index (χ0n) is 28.6. The van der Waals surface area contributed by atoms with Gasteiger partial charge < -0.3 is 9.32 Å². The van der Waals surface area contributed by atoms with Gasteiger partial charge in [0.05, 0.1) is 5.69 Å². The topological polar surface area (TPSA) is 16.4 Å². The standard InChI is InChI=1S/C49H35NO/c1-49(2)44-21-10-8-18-40(44)41-27-24-36(31-45(41)49)50(35-25-28-48-43(30-35)42-19-9-11-22-47(42)51-48)46-29-34(23-26-39(46)33-13-4-3-5-14-33)38-20-12-16-32-15-6-7-17-37(32)38/h3-31H,1-2H3. The van der Waals surface area contributed by atoms with Crippen LogP contribution in [0.15, 0.2) is 180 Å². The molecule has 0 aliphatic heterocycles. The number of fused-ring (bicyclic) bond motifs is 7. The Morgan fingerprint density at radius 3 is 1.96 bits per heavy atom. The van der Waals surface area contributed by atoms with Gasteiger partial charge >= 0.3 is 0 Å². The van der Waals surface area contributed by atoms with Crippen molar-refractivity contribution in [1.29, 1.82) is 0 Å². The van der Waals surface area contributed by atoms with Crippen LogP contribution >= 0.6 is 0 Å². The molecule has 8 aromatic carbocycles. The third-order valence-electron chi connectivity index (χ3n) is 10.9. The highest BCUT2D eigenvalue weighted by Crippen LogP contribution is 2.52. The Labute approximate surface area is 297 Å². The van der Waals surface area contributed by atoms with E-state index in [1.54, 1.807) is 0 Å². The van der Waals surface area contributed by atoms with Crippen LogP contribution in [0, 0.1) is 0 Å². The molecule has 0 N–H and O–H groups in total. The molecule has 0 spiro atoms. The number of benzene rings is 8. The lowest BCUT2D eigenvalue weighted by Crippen LogP contribution is -2.17. The van der Waals surface area contributed by atoms with E-state index in [9.17, 15) is 0 Å². The fourth-order valence-corrected chi connectivity index (χ4v) is 8.33. The van der Waals surface area contributed by atoms with E-state index in [4.69, 9.17) is 4.42 Å². The van der Waals surface area contributed by atoms with Crippen molar-refractivity contribution in [2.24, 2.45) is 0 Å². The number of nitrogens with zero attached hydrogens (tertiary/aromatic N) is 1. The molecule has 1 heterocycles. The first-order chi connectivity index (χ1) is 25.0. The summed E-state index contributed by atoms with van der Waals surface area (Å²) in [5, 5.41) is 4.70. The third kappa shape index (κ3) is 4.64. The van der Waals surface area contributed by atoms with E-state index < -0.39 is 0 Å². The zero-order chi connectivity index (χ0) is 34.1. The monoisotopic (exact) mass is 653 g/mol. The summed E-state index contributed by atoms with van der Waals surface area (Å²) in [4.78, 5) is 2.46. The van der Waals surface area contributed by atoms with Crippen molar-refractivity contribution in [1.82, 2.24) is 0 Å². The maximum absolute atomic E-state index is 6.31. The molecule has 0 saturated carbocycles. The lowest BCUT2D eigenvalue weighted by atomic mass is 9.82. The Morgan fingerprint density at radius 1 is 0.412 bits per heavy atom. The molecule has 1 aliphatic carbocycles. The first-order valence-corrected chi connectivity index (χ1v) is 17.7.